The SMILES string of the molecule is CCC1OCCC1CNC(C)c1ccc(C)s1. The van der Waals surface area contributed by atoms with Crippen LogP contribution in [0.15, 0.2) is 12.1 Å². The van der Waals surface area contributed by atoms with Crippen LogP contribution in [0.3, 0.4) is 0 Å². The van der Waals surface area contributed by atoms with E-state index in [-0.39, 0.29) is 0 Å². The highest BCUT2D eigenvalue weighted by molar-refractivity contribution is 7.12. The fraction of sp³-hybridized carbons (Fsp3) is 0.714. The molecule has 0 aromatic carbocycles. The molecule has 1 aromatic heterocycles. The van der Waals surface area contributed by atoms with E-state index in [1.54, 1.807) is 0 Å². The average Bonchev–Trinajstić information content (AvgIpc) is 2.94. The van der Waals surface area contributed by atoms with Crippen LogP contribution in [0.25, 0.3) is 0 Å². The van der Waals surface area contributed by atoms with Crippen molar-refractivity contribution in [3.8, 4) is 0 Å². The first-order valence-electron chi connectivity index (χ1n) is 6.62. The number of nitrogens with one attached hydrogen (secondary N) is 1. The van der Waals surface area contributed by atoms with Crippen LogP contribution in [0, 0.1) is 12.8 Å². The minimum Gasteiger partial charge on any atom is -0.378 e. The highest BCUT2D eigenvalue weighted by Crippen LogP contribution is 2.25. The number of ether oxygens (including phenoxy) is 1. The van der Waals surface area contributed by atoms with Gasteiger partial charge in [0.2, 0.25) is 0 Å². The van der Waals surface area contributed by atoms with Gasteiger partial charge in [-0.25, -0.2) is 0 Å². The summed E-state index contributed by atoms with van der Waals surface area (Å²) in [6, 6.07) is 4.90. The Morgan fingerprint density at radius 3 is 3.00 bits per heavy atom. The van der Waals surface area contributed by atoms with E-state index in [9.17, 15) is 0 Å². The summed E-state index contributed by atoms with van der Waals surface area (Å²) in [4.78, 5) is 2.83. The molecule has 1 N–H and O–H groups in total. The van der Waals surface area contributed by atoms with Crippen molar-refractivity contribution in [2.24, 2.45) is 5.92 Å². The van der Waals surface area contributed by atoms with Crippen LogP contribution in [0.1, 0.15) is 42.5 Å². The third-order valence-corrected chi connectivity index (χ3v) is 4.81. The molecule has 0 spiro atoms. The fourth-order valence-corrected chi connectivity index (χ4v) is 3.40. The number of thiophene rings is 1. The van der Waals surface area contributed by atoms with Gasteiger partial charge in [0, 0.05) is 28.9 Å². The summed E-state index contributed by atoms with van der Waals surface area (Å²) in [5, 5.41) is 3.65. The minimum absolute atomic E-state index is 0.465. The zero-order valence-corrected chi connectivity index (χ0v) is 11.8. The van der Waals surface area contributed by atoms with E-state index in [0.717, 1.165) is 19.6 Å². The van der Waals surface area contributed by atoms with E-state index >= 15 is 0 Å². The molecule has 2 nitrogen and oxygen atoms in total. The molecule has 3 atom stereocenters. The molecule has 3 heteroatoms. The number of rotatable bonds is 5. The first-order chi connectivity index (χ1) is 8.20. The monoisotopic (exact) mass is 253 g/mol. The van der Waals surface area contributed by atoms with Crippen molar-refractivity contribution < 1.29 is 4.74 Å². The molecule has 3 unspecified atom stereocenters. The molecule has 0 radical (unpaired) electrons. The maximum atomic E-state index is 5.72. The van der Waals surface area contributed by atoms with Crippen LogP contribution in [0.5, 0.6) is 0 Å². The van der Waals surface area contributed by atoms with Gasteiger partial charge in [0.25, 0.3) is 0 Å². The van der Waals surface area contributed by atoms with Gasteiger partial charge in [0.1, 0.15) is 0 Å². The maximum absolute atomic E-state index is 5.72. The molecular formula is C14H23NOS. The standard InChI is InChI=1S/C14H23NOS/c1-4-13-12(7-8-16-13)9-15-11(3)14-6-5-10(2)17-14/h5-6,11-13,15H,4,7-9H2,1-3H3. The van der Waals surface area contributed by atoms with Gasteiger partial charge in [-0.15, -0.1) is 11.3 Å². The molecule has 0 aliphatic carbocycles. The van der Waals surface area contributed by atoms with Crippen molar-refractivity contribution in [2.45, 2.75) is 45.8 Å². The van der Waals surface area contributed by atoms with Crippen molar-refractivity contribution in [1.82, 2.24) is 5.32 Å². The molecule has 1 saturated heterocycles. The third-order valence-electron chi connectivity index (χ3n) is 3.62. The maximum Gasteiger partial charge on any atom is 0.0613 e. The molecule has 2 heterocycles. The van der Waals surface area contributed by atoms with Gasteiger partial charge in [0.15, 0.2) is 0 Å². The second-order valence-electron chi connectivity index (χ2n) is 4.94. The van der Waals surface area contributed by atoms with Crippen LogP contribution in [-0.2, 0) is 4.74 Å². The largest absolute Gasteiger partial charge is 0.378 e. The van der Waals surface area contributed by atoms with E-state index in [0.29, 0.717) is 18.1 Å². The summed E-state index contributed by atoms with van der Waals surface area (Å²) in [5.41, 5.74) is 0. The van der Waals surface area contributed by atoms with Crippen LogP contribution in [0.4, 0.5) is 0 Å². The zero-order chi connectivity index (χ0) is 12.3. The molecule has 1 aromatic rings. The summed E-state index contributed by atoms with van der Waals surface area (Å²) in [6.07, 6.45) is 2.82. The van der Waals surface area contributed by atoms with Gasteiger partial charge in [-0.1, -0.05) is 6.92 Å². The fourth-order valence-electron chi connectivity index (χ4n) is 2.49. The Morgan fingerprint density at radius 1 is 1.53 bits per heavy atom. The zero-order valence-electron chi connectivity index (χ0n) is 11.0. The quantitative estimate of drug-likeness (QED) is 0.867. The summed E-state index contributed by atoms with van der Waals surface area (Å²) < 4.78 is 5.72. The Morgan fingerprint density at radius 2 is 2.35 bits per heavy atom. The van der Waals surface area contributed by atoms with E-state index in [1.807, 2.05) is 11.3 Å². The molecule has 0 saturated carbocycles. The van der Waals surface area contributed by atoms with Gasteiger partial charge in [-0.05, 0) is 44.7 Å². The predicted molar refractivity (Wildman–Crippen MR) is 73.6 cm³/mol. The van der Waals surface area contributed by atoms with Gasteiger partial charge in [-0.3, -0.25) is 0 Å². The first-order valence-corrected chi connectivity index (χ1v) is 7.43. The lowest BCUT2D eigenvalue weighted by Gasteiger charge is -2.20. The molecule has 1 aliphatic rings. The first kappa shape index (κ1) is 13.1. The van der Waals surface area contributed by atoms with E-state index in [1.165, 1.54) is 16.2 Å². The van der Waals surface area contributed by atoms with Crippen LogP contribution in [-0.4, -0.2) is 19.3 Å². The molecule has 0 amide bonds. The van der Waals surface area contributed by atoms with E-state index in [2.05, 4.69) is 38.2 Å². The smallest absolute Gasteiger partial charge is 0.0613 e. The van der Waals surface area contributed by atoms with Crippen molar-refractivity contribution >= 4 is 11.3 Å². The predicted octanol–water partition coefficient (Wildman–Crippen LogP) is 3.52. The minimum atomic E-state index is 0.465. The molecule has 1 aliphatic heterocycles. The van der Waals surface area contributed by atoms with Crippen molar-refractivity contribution in [3.63, 3.8) is 0 Å². The lowest BCUT2D eigenvalue weighted by atomic mass is 9.99. The van der Waals surface area contributed by atoms with Crippen LogP contribution >= 0.6 is 11.3 Å². The summed E-state index contributed by atoms with van der Waals surface area (Å²) in [7, 11) is 0. The summed E-state index contributed by atoms with van der Waals surface area (Å²) >= 11 is 1.89. The number of hydrogen-bond acceptors (Lipinski definition) is 3. The van der Waals surface area contributed by atoms with Crippen LogP contribution < -0.4 is 5.32 Å². The molecular weight excluding hydrogens is 230 g/mol. The molecule has 1 fully saturated rings. The Hall–Kier alpha value is -0.380. The third kappa shape index (κ3) is 3.30. The van der Waals surface area contributed by atoms with Crippen molar-refractivity contribution in [2.75, 3.05) is 13.2 Å². The Kier molecular flexibility index (Phi) is 4.60. The molecule has 0 bridgehead atoms. The summed E-state index contributed by atoms with van der Waals surface area (Å²) in [5.74, 6) is 0.698. The Bertz CT molecular complexity index is 350. The van der Waals surface area contributed by atoms with Gasteiger partial charge in [0.05, 0.1) is 6.10 Å². The van der Waals surface area contributed by atoms with E-state index in [4.69, 9.17) is 4.74 Å². The summed E-state index contributed by atoms with van der Waals surface area (Å²) in [6.45, 7) is 8.66. The lowest BCUT2D eigenvalue weighted by Crippen LogP contribution is -2.29. The second-order valence-corrected chi connectivity index (χ2v) is 6.26. The topological polar surface area (TPSA) is 21.3 Å². The second kappa shape index (κ2) is 5.98. The average molecular weight is 253 g/mol. The van der Waals surface area contributed by atoms with Crippen LogP contribution in [0.2, 0.25) is 0 Å². The molecule has 17 heavy (non-hydrogen) atoms. The van der Waals surface area contributed by atoms with E-state index < -0.39 is 0 Å². The molecule has 2 rings (SSSR count). The van der Waals surface area contributed by atoms with Crippen molar-refractivity contribution in [1.29, 1.82) is 0 Å². The van der Waals surface area contributed by atoms with Gasteiger partial charge < -0.3 is 10.1 Å². The number of aryl methyl sites for hydroxylation is 1. The van der Waals surface area contributed by atoms with Crippen molar-refractivity contribution in [3.05, 3.63) is 21.9 Å². The Labute approximate surface area is 108 Å². The molecule has 96 valence electrons. The number of hydrogen-bond donors (Lipinski definition) is 1. The van der Waals surface area contributed by atoms with Gasteiger partial charge >= 0.3 is 0 Å². The van der Waals surface area contributed by atoms with Gasteiger partial charge in [-0.2, -0.15) is 0 Å². The highest BCUT2D eigenvalue weighted by atomic mass is 32.1. The lowest BCUT2D eigenvalue weighted by molar-refractivity contribution is 0.0867. The Balaban J connectivity index is 1.81. The highest BCUT2D eigenvalue weighted by Gasteiger charge is 2.26. The normalized spacial score (nSPS) is 26.3.